The van der Waals surface area contributed by atoms with Gasteiger partial charge in [-0.3, -0.25) is 9.59 Å². The van der Waals surface area contributed by atoms with Crippen LogP contribution in [0.5, 0.6) is 0 Å². The maximum atomic E-state index is 12.3. The third-order valence-electron chi connectivity index (χ3n) is 3.84. The van der Waals surface area contributed by atoms with Crippen molar-refractivity contribution in [2.24, 2.45) is 0 Å². The number of hydrogen-bond acceptors (Lipinski definition) is 3. The van der Waals surface area contributed by atoms with Gasteiger partial charge in [-0.2, -0.15) is 0 Å². The zero-order valence-corrected chi connectivity index (χ0v) is 11.8. The summed E-state index contributed by atoms with van der Waals surface area (Å²) >= 11 is 0. The van der Waals surface area contributed by atoms with Gasteiger partial charge >= 0.3 is 0 Å². The molecule has 2 unspecified atom stereocenters. The van der Waals surface area contributed by atoms with Crippen molar-refractivity contribution in [1.29, 1.82) is 0 Å². The molecule has 0 saturated carbocycles. The first kappa shape index (κ1) is 14.3. The topological polar surface area (TPSA) is 78.4 Å². The van der Waals surface area contributed by atoms with Crippen LogP contribution in [0.2, 0.25) is 0 Å². The van der Waals surface area contributed by atoms with Gasteiger partial charge in [0.15, 0.2) is 0 Å². The van der Waals surface area contributed by atoms with Crippen LogP contribution in [0.1, 0.15) is 27.5 Å². The van der Waals surface area contributed by atoms with E-state index in [2.05, 4.69) is 10.6 Å². The lowest BCUT2D eigenvalue weighted by atomic mass is 10.1. The molecule has 0 aliphatic heterocycles. The van der Waals surface area contributed by atoms with Gasteiger partial charge in [-0.05, 0) is 35.4 Å². The van der Waals surface area contributed by atoms with Crippen molar-refractivity contribution in [3.63, 3.8) is 0 Å². The zero-order valence-electron chi connectivity index (χ0n) is 11.8. The average molecular weight is 296 g/mol. The fraction of sp³-hybridized carbons (Fsp3) is 0.176. The summed E-state index contributed by atoms with van der Waals surface area (Å²) in [5.74, 6) is -0.230. The number of benzene rings is 2. The van der Waals surface area contributed by atoms with Crippen LogP contribution in [-0.4, -0.2) is 23.5 Å². The van der Waals surface area contributed by atoms with Gasteiger partial charge in [-0.15, -0.1) is 0 Å². The molecule has 0 aromatic heterocycles. The van der Waals surface area contributed by atoms with E-state index in [-0.39, 0.29) is 5.91 Å². The van der Waals surface area contributed by atoms with Crippen LogP contribution in [-0.2, 0) is 11.2 Å². The highest BCUT2D eigenvalue weighted by Crippen LogP contribution is 2.33. The highest BCUT2D eigenvalue weighted by Gasteiger charge is 2.32. The summed E-state index contributed by atoms with van der Waals surface area (Å²) in [7, 11) is 0. The van der Waals surface area contributed by atoms with Crippen LogP contribution in [0.15, 0.2) is 48.5 Å². The number of amides is 2. The maximum Gasteiger partial charge on any atom is 0.251 e. The largest absolute Gasteiger partial charge is 0.390 e. The predicted octanol–water partition coefficient (Wildman–Crippen LogP) is 1.64. The molecule has 0 heterocycles. The molecule has 1 aliphatic rings. The molecule has 5 heteroatoms. The third-order valence-corrected chi connectivity index (χ3v) is 3.84. The van der Waals surface area contributed by atoms with Crippen LogP contribution in [0.25, 0.3) is 0 Å². The lowest BCUT2D eigenvalue weighted by Gasteiger charge is -2.18. The van der Waals surface area contributed by atoms with Crippen molar-refractivity contribution in [2.75, 3.05) is 5.32 Å². The molecule has 112 valence electrons. The van der Waals surface area contributed by atoms with Gasteiger partial charge in [0, 0.05) is 17.7 Å². The van der Waals surface area contributed by atoms with Crippen molar-refractivity contribution < 1.29 is 14.7 Å². The number of anilines is 1. The van der Waals surface area contributed by atoms with E-state index in [0.29, 0.717) is 24.1 Å². The Morgan fingerprint density at radius 1 is 1.18 bits per heavy atom. The zero-order chi connectivity index (χ0) is 15.5. The lowest BCUT2D eigenvalue weighted by molar-refractivity contribution is -0.105. The first-order chi connectivity index (χ1) is 10.7. The predicted molar refractivity (Wildman–Crippen MR) is 82.5 cm³/mol. The summed E-state index contributed by atoms with van der Waals surface area (Å²) in [4.78, 5) is 22.8. The minimum absolute atomic E-state index is 0.230. The molecular weight excluding hydrogens is 280 g/mol. The van der Waals surface area contributed by atoms with Gasteiger partial charge in [0.25, 0.3) is 5.91 Å². The van der Waals surface area contributed by atoms with Crippen molar-refractivity contribution in [1.82, 2.24) is 5.32 Å². The van der Waals surface area contributed by atoms with E-state index < -0.39 is 12.1 Å². The fourth-order valence-corrected chi connectivity index (χ4v) is 2.77. The molecule has 0 bridgehead atoms. The molecular formula is C17H16N2O3. The Labute approximate surface area is 128 Å². The number of aliphatic hydroxyl groups excluding tert-OH is 1. The van der Waals surface area contributed by atoms with Crippen molar-refractivity contribution >= 4 is 18.0 Å². The third kappa shape index (κ3) is 2.71. The molecule has 22 heavy (non-hydrogen) atoms. The molecule has 0 radical (unpaired) electrons. The van der Waals surface area contributed by atoms with E-state index >= 15 is 0 Å². The Bertz CT molecular complexity index is 700. The van der Waals surface area contributed by atoms with Crippen LogP contribution in [0.3, 0.4) is 0 Å². The number of fused-ring (bicyclic) bond motifs is 1. The van der Waals surface area contributed by atoms with Crippen LogP contribution in [0.4, 0.5) is 5.69 Å². The first-order valence-corrected chi connectivity index (χ1v) is 7.06. The normalized spacial score (nSPS) is 19.3. The number of aliphatic hydroxyl groups is 1. The number of carbonyl (C=O) groups is 2. The second-order valence-corrected chi connectivity index (χ2v) is 5.26. The number of nitrogens with one attached hydrogen (secondary N) is 2. The van der Waals surface area contributed by atoms with Gasteiger partial charge in [0.1, 0.15) is 0 Å². The molecule has 0 saturated heterocycles. The van der Waals surface area contributed by atoms with Crippen LogP contribution in [0, 0.1) is 0 Å². The van der Waals surface area contributed by atoms with Crippen molar-refractivity contribution in [3.05, 3.63) is 65.2 Å². The van der Waals surface area contributed by atoms with Crippen LogP contribution >= 0.6 is 0 Å². The summed E-state index contributed by atoms with van der Waals surface area (Å²) in [6.07, 6.45) is 0.412. The smallest absolute Gasteiger partial charge is 0.251 e. The number of rotatable bonds is 4. The van der Waals surface area contributed by atoms with Gasteiger partial charge < -0.3 is 15.7 Å². The lowest BCUT2D eigenvalue weighted by Crippen LogP contribution is -2.33. The van der Waals surface area contributed by atoms with E-state index in [9.17, 15) is 14.7 Å². The van der Waals surface area contributed by atoms with E-state index in [1.807, 2.05) is 12.1 Å². The SMILES string of the molecule is O=CNc1ccc2c(c1)C(NC(=O)c1ccccc1)C(O)C2. The minimum Gasteiger partial charge on any atom is -0.390 e. The second kappa shape index (κ2) is 5.99. The number of hydrogen-bond donors (Lipinski definition) is 3. The summed E-state index contributed by atoms with van der Waals surface area (Å²) in [6, 6.07) is 13.8. The van der Waals surface area contributed by atoms with Crippen molar-refractivity contribution in [2.45, 2.75) is 18.6 Å². The second-order valence-electron chi connectivity index (χ2n) is 5.26. The summed E-state index contributed by atoms with van der Waals surface area (Å²) < 4.78 is 0. The molecule has 0 fully saturated rings. The summed E-state index contributed by atoms with van der Waals surface area (Å²) in [6.45, 7) is 0. The highest BCUT2D eigenvalue weighted by molar-refractivity contribution is 5.94. The summed E-state index contributed by atoms with van der Waals surface area (Å²) in [5.41, 5.74) is 3.00. The standard InChI is InChI=1S/C17H16N2O3/c20-10-18-13-7-6-12-8-15(21)16(14(12)9-13)19-17(22)11-4-2-1-3-5-11/h1-7,9-10,15-16,21H,8H2,(H,18,20)(H,19,22). The Kier molecular flexibility index (Phi) is 3.89. The molecule has 1 aliphatic carbocycles. The number of carbonyl (C=O) groups excluding carboxylic acids is 2. The Morgan fingerprint density at radius 2 is 1.95 bits per heavy atom. The van der Waals surface area contributed by atoms with Gasteiger partial charge in [-0.25, -0.2) is 0 Å². The molecule has 2 atom stereocenters. The van der Waals surface area contributed by atoms with E-state index in [4.69, 9.17) is 0 Å². The van der Waals surface area contributed by atoms with E-state index in [1.54, 1.807) is 36.4 Å². The Balaban J connectivity index is 1.85. The van der Waals surface area contributed by atoms with E-state index in [0.717, 1.165) is 11.1 Å². The molecule has 3 rings (SSSR count). The molecule has 3 N–H and O–H groups in total. The molecule has 5 nitrogen and oxygen atoms in total. The van der Waals surface area contributed by atoms with Gasteiger partial charge in [-0.1, -0.05) is 24.3 Å². The first-order valence-electron chi connectivity index (χ1n) is 7.06. The molecule has 2 amide bonds. The Hall–Kier alpha value is -2.66. The van der Waals surface area contributed by atoms with Gasteiger partial charge in [0.05, 0.1) is 12.1 Å². The fourth-order valence-electron chi connectivity index (χ4n) is 2.77. The monoisotopic (exact) mass is 296 g/mol. The summed E-state index contributed by atoms with van der Waals surface area (Å²) in [5, 5.41) is 15.7. The highest BCUT2D eigenvalue weighted by atomic mass is 16.3. The van der Waals surface area contributed by atoms with Gasteiger partial charge in [0.2, 0.25) is 6.41 Å². The van der Waals surface area contributed by atoms with E-state index in [1.165, 1.54) is 0 Å². The molecule has 2 aromatic carbocycles. The molecule has 0 spiro atoms. The van der Waals surface area contributed by atoms with Crippen molar-refractivity contribution in [3.8, 4) is 0 Å². The average Bonchev–Trinajstić information content (AvgIpc) is 2.84. The maximum absolute atomic E-state index is 12.3. The van der Waals surface area contributed by atoms with Crippen LogP contribution < -0.4 is 10.6 Å². The molecule has 2 aromatic rings. The quantitative estimate of drug-likeness (QED) is 0.751. The minimum atomic E-state index is -0.672. The Morgan fingerprint density at radius 3 is 2.68 bits per heavy atom.